The SMILES string of the molecule is CCN(CCC(=O)Nc1cc(OC)c(OC)c(OC)c1)Cc1ccc(OC)c(OC)c1. The van der Waals surface area contributed by atoms with Crippen LogP contribution >= 0.6 is 0 Å². The van der Waals surface area contributed by atoms with E-state index >= 15 is 0 Å². The van der Waals surface area contributed by atoms with Crippen molar-refractivity contribution in [1.82, 2.24) is 4.90 Å². The summed E-state index contributed by atoms with van der Waals surface area (Å²) in [4.78, 5) is 14.7. The number of carbonyl (C=O) groups excluding carboxylic acids is 1. The zero-order valence-corrected chi connectivity index (χ0v) is 19.1. The molecule has 1 N–H and O–H groups in total. The van der Waals surface area contributed by atoms with E-state index in [1.807, 2.05) is 18.2 Å². The number of benzene rings is 2. The van der Waals surface area contributed by atoms with Gasteiger partial charge in [-0.2, -0.15) is 0 Å². The van der Waals surface area contributed by atoms with E-state index in [-0.39, 0.29) is 5.91 Å². The van der Waals surface area contributed by atoms with Crippen molar-refractivity contribution in [2.24, 2.45) is 0 Å². The molecule has 1 amide bonds. The van der Waals surface area contributed by atoms with Gasteiger partial charge >= 0.3 is 0 Å². The normalized spacial score (nSPS) is 10.5. The number of rotatable bonds is 12. The van der Waals surface area contributed by atoms with Crippen LogP contribution in [0.5, 0.6) is 28.7 Å². The molecule has 170 valence electrons. The molecule has 0 bridgehead atoms. The van der Waals surface area contributed by atoms with Crippen LogP contribution in [0.3, 0.4) is 0 Å². The first-order chi connectivity index (χ1) is 15.0. The molecule has 0 saturated heterocycles. The summed E-state index contributed by atoms with van der Waals surface area (Å²) in [6, 6.07) is 9.26. The molecular weight excluding hydrogens is 400 g/mol. The minimum atomic E-state index is -0.0972. The number of nitrogens with zero attached hydrogens (tertiary/aromatic N) is 1. The summed E-state index contributed by atoms with van der Waals surface area (Å²) in [6.07, 6.45) is 0.345. The van der Waals surface area contributed by atoms with E-state index in [2.05, 4.69) is 17.1 Å². The summed E-state index contributed by atoms with van der Waals surface area (Å²) in [5.41, 5.74) is 1.67. The topological polar surface area (TPSA) is 78.5 Å². The average molecular weight is 433 g/mol. The number of carbonyl (C=O) groups is 1. The van der Waals surface area contributed by atoms with E-state index in [0.29, 0.717) is 53.9 Å². The van der Waals surface area contributed by atoms with E-state index in [1.165, 1.54) is 21.3 Å². The molecule has 31 heavy (non-hydrogen) atoms. The number of ether oxygens (including phenoxy) is 5. The van der Waals surface area contributed by atoms with Crippen LogP contribution in [-0.2, 0) is 11.3 Å². The highest BCUT2D eigenvalue weighted by Gasteiger charge is 2.15. The van der Waals surface area contributed by atoms with Crippen LogP contribution in [0, 0.1) is 0 Å². The summed E-state index contributed by atoms with van der Waals surface area (Å²) in [5, 5.41) is 2.90. The van der Waals surface area contributed by atoms with Gasteiger partial charge in [0.05, 0.1) is 35.5 Å². The molecule has 0 saturated carbocycles. The summed E-state index contributed by atoms with van der Waals surface area (Å²) >= 11 is 0. The Kier molecular flexibility index (Phi) is 9.27. The van der Waals surface area contributed by atoms with Gasteiger partial charge in [0.1, 0.15) is 0 Å². The summed E-state index contributed by atoms with van der Waals surface area (Å²) in [6.45, 7) is 4.19. The van der Waals surface area contributed by atoms with Gasteiger partial charge in [0, 0.05) is 37.3 Å². The van der Waals surface area contributed by atoms with E-state index in [4.69, 9.17) is 23.7 Å². The summed E-state index contributed by atoms with van der Waals surface area (Å²) in [5.74, 6) is 2.74. The molecule has 0 heterocycles. The zero-order chi connectivity index (χ0) is 22.8. The van der Waals surface area contributed by atoms with Crippen molar-refractivity contribution in [3.63, 3.8) is 0 Å². The predicted octanol–water partition coefficient (Wildman–Crippen LogP) is 3.58. The van der Waals surface area contributed by atoms with Gasteiger partial charge < -0.3 is 29.0 Å². The highest BCUT2D eigenvalue weighted by Crippen LogP contribution is 2.40. The summed E-state index contributed by atoms with van der Waals surface area (Å²) < 4.78 is 26.6. The maximum absolute atomic E-state index is 12.5. The Labute approximate surface area is 184 Å². The second kappa shape index (κ2) is 11.9. The van der Waals surface area contributed by atoms with Crippen molar-refractivity contribution in [3.05, 3.63) is 35.9 Å². The first kappa shape index (κ1) is 24.1. The number of anilines is 1. The molecule has 2 aromatic rings. The molecule has 0 aliphatic carbocycles. The molecule has 0 aliphatic heterocycles. The van der Waals surface area contributed by atoms with Gasteiger partial charge in [-0.25, -0.2) is 0 Å². The van der Waals surface area contributed by atoms with Gasteiger partial charge in [-0.3, -0.25) is 9.69 Å². The molecule has 0 radical (unpaired) electrons. The monoisotopic (exact) mass is 432 g/mol. The highest BCUT2D eigenvalue weighted by atomic mass is 16.5. The van der Waals surface area contributed by atoms with Crippen molar-refractivity contribution in [1.29, 1.82) is 0 Å². The molecule has 0 fully saturated rings. The Balaban J connectivity index is 1.99. The fourth-order valence-corrected chi connectivity index (χ4v) is 3.22. The van der Waals surface area contributed by atoms with Crippen LogP contribution in [0.4, 0.5) is 5.69 Å². The quantitative estimate of drug-likeness (QED) is 0.549. The number of hydrogen-bond donors (Lipinski definition) is 1. The lowest BCUT2D eigenvalue weighted by molar-refractivity contribution is -0.116. The lowest BCUT2D eigenvalue weighted by atomic mass is 10.1. The first-order valence-corrected chi connectivity index (χ1v) is 10.0. The molecule has 0 spiro atoms. The molecule has 8 nitrogen and oxygen atoms in total. The van der Waals surface area contributed by atoms with Crippen LogP contribution in [0.2, 0.25) is 0 Å². The fourth-order valence-electron chi connectivity index (χ4n) is 3.22. The molecule has 0 aromatic heterocycles. The lowest BCUT2D eigenvalue weighted by Crippen LogP contribution is -2.27. The van der Waals surface area contributed by atoms with E-state index in [0.717, 1.165) is 12.1 Å². The lowest BCUT2D eigenvalue weighted by Gasteiger charge is -2.21. The van der Waals surface area contributed by atoms with Crippen LogP contribution in [-0.4, -0.2) is 59.4 Å². The summed E-state index contributed by atoms with van der Waals surface area (Å²) in [7, 11) is 7.85. The third kappa shape index (κ3) is 6.42. The van der Waals surface area contributed by atoms with Crippen molar-refractivity contribution >= 4 is 11.6 Å². The van der Waals surface area contributed by atoms with Crippen molar-refractivity contribution in [3.8, 4) is 28.7 Å². The molecule has 2 aromatic carbocycles. The molecule has 0 unspecified atom stereocenters. The average Bonchev–Trinajstić information content (AvgIpc) is 2.80. The zero-order valence-electron chi connectivity index (χ0n) is 19.1. The minimum Gasteiger partial charge on any atom is -0.493 e. The molecule has 0 aliphatic rings. The van der Waals surface area contributed by atoms with Crippen LogP contribution in [0.1, 0.15) is 18.9 Å². The molecular formula is C23H32N2O6. The Morgan fingerprint density at radius 2 is 1.45 bits per heavy atom. The van der Waals surface area contributed by atoms with E-state index in [9.17, 15) is 4.79 Å². The Morgan fingerprint density at radius 1 is 0.839 bits per heavy atom. The van der Waals surface area contributed by atoms with Crippen molar-refractivity contribution in [2.75, 3.05) is 54.0 Å². The third-order valence-electron chi connectivity index (χ3n) is 4.90. The standard InChI is InChI=1S/C23H32N2O6/c1-7-25(15-16-8-9-18(27-2)19(12-16)28-3)11-10-22(26)24-17-13-20(29-4)23(31-6)21(14-17)30-5/h8-9,12-14H,7,10-11,15H2,1-6H3,(H,24,26). The van der Waals surface area contributed by atoms with Gasteiger partial charge in [0.2, 0.25) is 11.7 Å². The van der Waals surface area contributed by atoms with E-state index in [1.54, 1.807) is 26.4 Å². The predicted molar refractivity (Wildman–Crippen MR) is 120 cm³/mol. The number of nitrogens with one attached hydrogen (secondary N) is 1. The maximum Gasteiger partial charge on any atom is 0.225 e. The van der Waals surface area contributed by atoms with Gasteiger partial charge in [0.15, 0.2) is 23.0 Å². The van der Waals surface area contributed by atoms with Gasteiger partial charge in [-0.15, -0.1) is 0 Å². The van der Waals surface area contributed by atoms with Gasteiger partial charge in [0.25, 0.3) is 0 Å². The van der Waals surface area contributed by atoms with Crippen LogP contribution in [0.25, 0.3) is 0 Å². The fraction of sp³-hybridized carbons (Fsp3) is 0.435. The largest absolute Gasteiger partial charge is 0.493 e. The minimum absolute atomic E-state index is 0.0972. The van der Waals surface area contributed by atoms with Gasteiger partial charge in [-0.1, -0.05) is 13.0 Å². The molecule has 2 rings (SSSR count). The highest BCUT2D eigenvalue weighted by molar-refractivity contribution is 5.91. The number of methoxy groups -OCH3 is 5. The molecule has 8 heteroatoms. The first-order valence-electron chi connectivity index (χ1n) is 10.0. The van der Waals surface area contributed by atoms with Crippen molar-refractivity contribution in [2.45, 2.75) is 19.9 Å². The Bertz CT molecular complexity index is 846. The molecule has 0 atom stereocenters. The second-order valence-corrected chi connectivity index (χ2v) is 6.77. The maximum atomic E-state index is 12.5. The second-order valence-electron chi connectivity index (χ2n) is 6.77. The van der Waals surface area contributed by atoms with E-state index < -0.39 is 0 Å². The van der Waals surface area contributed by atoms with Crippen molar-refractivity contribution < 1.29 is 28.5 Å². The Hall–Kier alpha value is -3.13. The number of hydrogen-bond acceptors (Lipinski definition) is 7. The van der Waals surface area contributed by atoms with Crippen LogP contribution < -0.4 is 29.0 Å². The van der Waals surface area contributed by atoms with Crippen LogP contribution in [0.15, 0.2) is 30.3 Å². The third-order valence-corrected chi connectivity index (χ3v) is 4.90. The Morgan fingerprint density at radius 3 is 1.97 bits per heavy atom. The number of amides is 1. The smallest absolute Gasteiger partial charge is 0.225 e. The van der Waals surface area contributed by atoms with Gasteiger partial charge in [-0.05, 0) is 24.2 Å².